The van der Waals surface area contributed by atoms with Gasteiger partial charge in [-0.25, -0.2) is 9.37 Å². The molecule has 1 amide bonds. The minimum Gasteiger partial charge on any atom is -0.398 e. The molecule has 212 valence electrons. The first-order valence-electron chi connectivity index (χ1n) is 13.5. The van der Waals surface area contributed by atoms with E-state index >= 15 is 4.39 Å². The number of fused-ring (bicyclic) bond motifs is 1. The molecule has 4 heterocycles. The molecule has 3 aromatic heterocycles. The third-order valence-corrected chi connectivity index (χ3v) is 7.84. The molecule has 4 aromatic rings. The third kappa shape index (κ3) is 4.95. The summed E-state index contributed by atoms with van der Waals surface area (Å²) in [5.74, 6) is -0.696. The smallest absolute Gasteiger partial charge is 0.258 e. The van der Waals surface area contributed by atoms with Crippen LogP contribution in [0.5, 0.6) is 0 Å². The number of aryl methyl sites for hydroxylation is 1. The Morgan fingerprint density at radius 3 is 2.66 bits per heavy atom. The van der Waals surface area contributed by atoms with Crippen LogP contribution < -0.4 is 16.2 Å². The van der Waals surface area contributed by atoms with Crippen molar-refractivity contribution in [3.8, 4) is 16.9 Å². The lowest BCUT2D eigenvalue weighted by molar-refractivity contribution is -0.126. The van der Waals surface area contributed by atoms with E-state index < -0.39 is 5.82 Å². The molecule has 1 atom stereocenters. The summed E-state index contributed by atoms with van der Waals surface area (Å²) in [4.78, 5) is 39.6. The molecule has 0 spiro atoms. The first-order valence-corrected chi connectivity index (χ1v) is 13.9. The van der Waals surface area contributed by atoms with Crippen molar-refractivity contribution in [3.05, 3.63) is 87.7 Å². The summed E-state index contributed by atoms with van der Waals surface area (Å²) >= 11 is 6.80. The van der Waals surface area contributed by atoms with Gasteiger partial charge in [-0.3, -0.25) is 19.1 Å². The van der Waals surface area contributed by atoms with Crippen molar-refractivity contribution >= 4 is 39.9 Å². The fourth-order valence-corrected chi connectivity index (χ4v) is 5.80. The molecule has 0 aliphatic carbocycles. The van der Waals surface area contributed by atoms with E-state index in [1.807, 2.05) is 33.8 Å². The molecule has 1 aromatic carbocycles. The van der Waals surface area contributed by atoms with Gasteiger partial charge in [0.25, 0.3) is 5.56 Å². The van der Waals surface area contributed by atoms with Gasteiger partial charge in [0.1, 0.15) is 11.5 Å². The lowest BCUT2D eigenvalue weighted by atomic mass is 10.0. The SMILES string of the molecule is C=CC(=O)N1CCN(c2cc(=O)n(-c3c(C)ccnc3C(C)C)c3nc(-c4c(N)cccc4F)c(Cl)cc23)C(C)C1. The Labute approximate surface area is 242 Å². The van der Waals surface area contributed by atoms with Crippen LogP contribution in [0.25, 0.3) is 28.0 Å². The van der Waals surface area contributed by atoms with Crippen molar-refractivity contribution in [3.63, 3.8) is 0 Å². The van der Waals surface area contributed by atoms with Gasteiger partial charge in [-0.2, -0.15) is 0 Å². The summed E-state index contributed by atoms with van der Waals surface area (Å²) in [6.07, 6.45) is 3.03. The number of nitrogens with two attached hydrogens (primary N) is 1. The number of benzene rings is 1. The Balaban J connectivity index is 1.83. The molecule has 1 aliphatic heterocycles. The number of aromatic nitrogens is 3. The fraction of sp³-hybridized carbons (Fsp3) is 0.290. The largest absolute Gasteiger partial charge is 0.398 e. The van der Waals surface area contributed by atoms with Crippen molar-refractivity contribution in [1.82, 2.24) is 19.4 Å². The molecule has 41 heavy (non-hydrogen) atoms. The summed E-state index contributed by atoms with van der Waals surface area (Å²) in [6.45, 7) is 12.9. The molecule has 0 bridgehead atoms. The number of amides is 1. The summed E-state index contributed by atoms with van der Waals surface area (Å²) < 4.78 is 16.6. The van der Waals surface area contributed by atoms with E-state index in [2.05, 4.69) is 16.5 Å². The van der Waals surface area contributed by atoms with Crippen LogP contribution in [0.4, 0.5) is 15.8 Å². The average molecular weight is 575 g/mol. The first kappa shape index (κ1) is 28.3. The molecule has 1 unspecified atom stereocenters. The van der Waals surface area contributed by atoms with Crippen LogP contribution in [-0.2, 0) is 4.79 Å². The van der Waals surface area contributed by atoms with Gasteiger partial charge in [0.2, 0.25) is 5.91 Å². The summed E-state index contributed by atoms with van der Waals surface area (Å²) in [7, 11) is 0. The summed E-state index contributed by atoms with van der Waals surface area (Å²) in [5.41, 5.74) is 9.40. The summed E-state index contributed by atoms with van der Waals surface area (Å²) in [6, 6.07) is 9.42. The average Bonchev–Trinajstić information content (AvgIpc) is 2.93. The van der Waals surface area contributed by atoms with Crippen LogP contribution in [0.2, 0.25) is 5.02 Å². The normalized spacial score (nSPS) is 15.5. The minimum atomic E-state index is -0.569. The maximum Gasteiger partial charge on any atom is 0.258 e. The van der Waals surface area contributed by atoms with E-state index in [1.165, 1.54) is 22.8 Å². The number of halogens is 2. The van der Waals surface area contributed by atoms with Crippen LogP contribution in [0.3, 0.4) is 0 Å². The highest BCUT2D eigenvalue weighted by atomic mass is 35.5. The van der Waals surface area contributed by atoms with Crippen LogP contribution in [-0.4, -0.2) is 51.0 Å². The van der Waals surface area contributed by atoms with Gasteiger partial charge >= 0.3 is 0 Å². The van der Waals surface area contributed by atoms with Crippen molar-refractivity contribution in [1.29, 1.82) is 0 Å². The monoisotopic (exact) mass is 574 g/mol. The van der Waals surface area contributed by atoms with E-state index in [0.717, 1.165) is 11.3 Å². The lowest BCUT2D eigenvalue weighted by Gasteiger charge is -2.41. The molecular formula is C31H32ClFN6O2. The lowest BCUT2D eigenvalue weighted by Crippen LogP contribution is -2.53. The molecule has 0 radical (unpaired) electrons. The van der Waals surface area contributed by atoms with E-state index in [1.54, 1.807) is 29.3 Å². The molecule has 1 fully saturated rings. The van der Waals surface area contributed by atoms with E-state index in [9.17, 15) is 9.59 Å². The second-order valence-corrected chi connectivity index (χ2v) is 11.1. The number of carbonyl (C=O) groups is 1. The van der Waals surface area contributed by atoms with Crippen LogP contribution in [0, 0.1) is 12.7 Å². The molecule has 2 N–H and O–H groups in total. The molecule has 1 aliphatic rings. The van der Waals surface area contributed by atoms with Gasteiger partial charge in [0, 0.05) is 49.0 Å². The first-order chi connectivity index (χ1) is 19.5. The zero-order valence-corrected chi connectivity index (χ0v) is 24.2. The molecule has 5 rings (SSSR count). The predicted molar refractivity (Wildman–Crippen MR) is 162 cm³/mol. The molecule has 1 saturated heterocycles. The highest BCUT2D eigenvalue weighted by Gasteiger charge is 2.29. The topological polar surface area (TPSA) is 97.4 Å². The number of anilines is 2. The quantitative estimate of drug-likeness (QED) is 0.250. The van der Waals surface area contributed by atoms with E-state index in [-0.39, 0.29) is 45.4 Å². The molecule has 8 nitrogen and oxygen atoms in total. The second kappa shape index (κ2) is 11.0. The number of carbonyl (C=O) groups excluding carboxylic acids is 1. The Morgan fingerprint density at radius 1 is 1.24 bits per heavy atom. The van der Waals surface area contributed by atoms with Gasteiger partial charge < -0.3 is 15.5 Å². The van der Waals surface area contributed by atoms with Gasteiger partial charge in [-0.05, 0) is 55.7 Å². The van der Waals surface area contributed by atoms with Gasteiger partial charge in [0.05, 0.1) is 33.3 Å². The van der Waals surface area contributed by atoms with Crippen LogP contribution in [0.15, 0.2) is 60.0 Å². The number of hydrogen-bond acceptors (Lipinski definition) is 6. The van der Waals surface area contributed by atoms with Crippen molar-refractivity contribution in [2.45, 2.75) is 39.7 Å². The Kier molecular flexibility index (Phi) is 7.57. The minimum absolute atomic E-state index is 0.0102. The fourth-order valence-electron chi connectivity index (χ4n) is 5.55. The highest BCUT2D eigenvalue weighted by Crippen LogP contribution is 2.38. The van der Waals surface area contributed by atoms with Gasteiger partial charge in [-0.15, -0.1) is 0 Å². The molecular weight excluding hydrogens is 543 g/mol. The van der Waals surface area contributed by atoms with Crippen molar-refractivity contribution in [2.75, 3.05) is 30.3 Å². The maximum atomic E-state index is 15.1. The standard InChI is InChI=1S/C31H32ClFN6O2/c1-6-25(40)37-12-13-38(19(5)16-37)24-15-26(41)39(30-18(4)10-11-35-28(30)17(2)3)31-20(24)14-21(32)29(36-31)27-22(33)8-7-9-23(27)34/h6-11,14-15,17,19H,1,12-13,16,34H2,2-5H3. The third-order valence-electron chi connectivity index (χ3n) is 7.55. The number of hydrogen-bond donors (Lipinski definition) is 1. The van der Waals surface area contributed by atoms with Crippen molar-refractivity contribution in [2.24, 2.45) is 0 Å². The zero-order valence-electron chi connectivity index (χ0n) is 23.5. The van der Waals surface area contributed by atoms with Crippen LogP contribution in [0.1, 0.15) is 37.9 Å². The summed E-state index contributed by atoms with van der Waals surface area (Å²) in [5, 5.41) is 0.808. The number of piperazine rings is 1. The second-order valence-electron chi connectivity index (χ2n) is 10.6. The number of pyridine rings is 3. The van der Waals surface area contributed by atoms with Gasteiger partial charge in [-0.1, -0.05) is 38.1 Å². The highest BCUT2D eigenvalue weighted by molar-refractivity contribution is 6.34. The predicted octanol–water partition coefficient (Wildman–Crippen LogP) is 5.48. The van der Waals surface area contributed by atoms with E-state index in [0.29, 0.717) is 42.0 Å². The molecule has 0 saturated carbocycles. The van der Waals surface area contributed by atoms with Crippen LogP contribution >= 0.6 is 11.6 Å². The Morgan fingerprint density at radius 2 is 2.00 bits per heavy atom. The Bertz CT molecular complexity index is 1730. The number of nitrogens with zero attached hydrogens (tertiary/aromatic N) is 5. The van der Waals surface area contributed by atoms with E-state index in [4.69, 9.17) is 22.3 Å². The molecule has 10 heteroatoms. The maximum absolute atomic E-state index is 15.1. The van der Waals surface area contributed by atoms with Crippen molar-refractivity contribution < 1.29 is 9.18 Å². The zero-order chi connectivity index (χ0) is 29.6. The van der Waals surface area contributed by atoms with Gasteiger partial charge in [0.15, 0.2) is 0 Å². The Hall–Kier alpha value is -4.24. The number of nitrogen functional groups attached to an aromatic ring is 1. The number of rotatable bonds is 5.